The molecule has 1 N–H and O–H groups in total. The van der Waals surface area contributed by atoms with E-state index in [1.54, 1.807) is 7.11 Å². The van der Waals surface area contributed by atoms with Crippen molar-refractivity contribution in [3.63, 3.8) is 0 Å². The van der Waals surface area contributed by atoms with Crippen LogP contribution in [0, 0.1) is 0 Å². The maximum atomic E-state index is 8.64. The molecular weight excluding hydrogens is 242 g/mol. The zero-order valence-electron chi connectivity index (χ0n) is 11.5. The Morgan fingerprint density at radius 1 is 1.26 bits per heavy atom. The van der Waals surface area contributed by atoms with Crippen LogP contribution in [-0.4, -0.2) is 56.6 Å². The lowest BCUT2D eigenvalue weighted by Gasteiger charge is -2.16. The molecule has 0 bridgehead atoms. The molecule has 0 aromatic heterocycles. The Morgan fingerprint density at radius 2 is 2.05 bits per heavy atom. The van der Waals surface area contributed by atoms with Gasteiger partial charge in [-0.15, -0.1) is 0 Å². The third kappa shape index (κ3) is 4.20. The van der Waals surface area contributed by atoms with E-state index in [4.69, 9.17) is 14.6 Å². The minimum atomic E-state index is 0.106. The molecule has 1 unspecified atom stereocenters. The highest BCUT2D eigenvalue weighted by Crippen LogP contribution is 2.28. The Balaban J connectivity index is 1.77. The van der Waals surface area contributed by atoms with E-state index < -0.39 is 0 Å². The molecule has 0 spiro atoms. The molecule has 1 atom stereocenters. The van der Waals surface area contributed by atoms with Gasteiger partial charge in [0.15, 0.2) is 0 Å². The summed E-state index contributed by atoms with van der Waals surface area (Å²) >= 11 is 0. The van der Waals surface area contributed by atoms with Crippen LogP contribution in [-0.2, 0) is 4.74 Å². The second-order valence-corrected chi connectivity index (χ2v) is 4.90. The molecule has 1 aromatic rings. The summed E-state index contributed by atoms with van der Waals surface area (Å²) in [6.45, 7) is 4.42. The standard InChI is InChI=1S/C15H23NO3/c1-18-15-4-2-13(3-5-15)14-6-7-16(12-14)8-10-19-11-9-17/h2-5,14,17H,6-12H2,1H3. The monoisotopic (exact) mass is 265 g/mol. The van der Waals surface area contributed by atoms with Crippen LogP contribution in [0.3, 0.4) is 0 Å². The lowest BCUT2D eigenvalue weighted by atomic mass is 9.98. The second-order valence-electron chi connectivity index (χ2n) is 4.90. The molecule has 4 heteroatoms. The lowest BCUT2D eigenvalue weighted by molar-refractivity contribution is 0.0779. The van der Waals surface area contributed by atoms with Crippen LogP contribution in [0.2, 0.25) is 0 Å². The first-order chi connectivity index (χ1) is 9.33. The van der Waals surface area contributed by atoms with E-state index >= 15 is 0 Å². The smallest absolute Gasteiger partial charge is 0.118 e. The molecule has 1 aromatic carbocycles. The van der Waals surface area contributed by atoms with Crippen molar-refractivity contribution in [1.82, 2.24) is 4.90 Å². The van der Waals surface area contributed by atoms with Crippen molar-refractivity contribution in [2.45, 2.75) is 12.3 Å². The van der Waals surface area contributed by atoms with Gasteiger partial charge in [-0.25, -0.2) is 0 Å². The fourth-order valence-electron chi connectivity index (χ4n) is 2.54. The predicted octanol–water partition coefficient (Wildman–Crippen LogP) is 1.49. The van der Waals surface area contributed by atoms with E-state index in [-0.39, 0.29) is 6.61 Å². The van der Waals surface area contributed by atoms with Crippen molar-refractivity contribution in [3.05, 3.63) is 29.8 Å². The number of aliphatic hydroxyl groups excluding tert-OH is 1. The van der Waals surface area contributed by atoms with Gasteiger partial charge in [0.05, 0.1) is 26.9 Å². The largest absolute Gasteiger partial charge is 0.497 e. The summed E-state index contributed by atoms with van der Waals surface area (Å²) in [7, 11) is 1.69. The van der Waals surface area contributed by atoms with Gasteiger partial charge in [0.1, 0.15) is 5.75 Å². The van der Waals surface area contributed by atoms with Crippen LogP contribution in [0.5, 0.6) is 5.75 Å². The highest BCUT2D eigenvalue weighted by Gasteiger charge is 2.23. The Labute approximate surface area is 114 Å². The number of hydrogen-bond donors (Lipinski definition) is 1. The number of rotatable bonds is 7. The summed E-state index contributed by atoms with van der Waals surface area (Å²) in [5.74, 6) is 1.53. The first-order valence-electron chi connectivity index (χ1n) is 6.88. The van der Waals surface area contributed by atoms with Gasteiger partial charge in [-0.3, -0.25) is 0 Å². The average Bonchev–Trinajstić information content (AvgIpc) is 2.92. The molecule has 106 valence electrons. The number of hydrogen-bond acceptors (Lipinski definition) is 4. The Bertz CT molecular complexity index is 366. The number of nitrogens with zero attached hydrogens (tertiary/aromatic N) is 1. The summed E-state index contributed by atoms with van der Waals surface area (Å²) in [5, 5.41) is 8.64. The van der Waals surface area contributed by atoms with E-state index in [1.165, 1.54) is 12.0 Å². The van der Waals surface area contributed by atoms with Gasteiger partial charge in [-0.1, -0.05) is 12.1 Å². The van der Waals surface area contributed by atoms with Crippen molar-refractivity contribution in [3.8, 4) is 5.75 Å². The minimum Gasteiger partial charge on any atom is -0.497 e. The zero-order valence-corrected chi connectivity index (χ0v) is 11.5. The lowest BCUT2D eigenvalue weighted by Crippen LogP contribution is -2.25. The third-order valence-corrected chi connectivity index (χ3v) is 3.65. The summed E-state index contributed by atoms with van der Waals surface area (Å²) in [4.78, 5) is 2.42. The second kappa shape index (κ2) is 7.48. The van der Waals surface area contributed by atoms with E-state index in [0.717, 1.165) is 25.4 Å². The first kappa shape index (κ1) is 14.3. The minimum absolute atomic E-state index is 0.106. The van der Waals surface area contributed by atoms with E-state index in [0.29, 0.717) is 19.1 Å². The first-order valence-corrected chi connectivity index (χ1v) is 6.88. The summed E-state index contributed by atoms with van der Waals surface area (Å²) < 4.78 is 10.5. The highest BCUT2D eigenvalue weighted by atomic mass is 16.5. The van der Waals surface area contributed by atoms with Crippen molar-refractivity contribution < 1.29 is 14.6 Å². The fraction of sp³-hybridized carbons (Fsp3) is 0.600. The normalized spacial score (nSPS) is 19.8. The number of benzene rings is 1. The molecular formula is C15H23NO3. The van der Waals surface area contributed by atoms with Crippen LogP contribution in [0.1, 0.15) is 17.9 Å². The molecule has 0 saturated carbocycles. The van der Waals surface area contributed by atoms with Crippen molar-refractivity contribution in [1.29, 1.82) is 0 Å². The topological polar surface area (TPSA) is 41.9 Å². The Morgan fingerprint density at radius 3 is 2.74 bits per heavy atom. The third-order valence-electron chi connectivity index (χ3n) is 3.65. The quantitative estimate of drug-likeness (QED) is 0.759. The molecule has 1 aliphatic rings. The Kier molecular flexibility index (Phi) is 5.63. The van der Waals surface area contributed by atoms with Crippen LogP contribution in [0.15, 0.2) is 24.3 Å². The number of ether oxygens (including phenoxy) is 2. The molecule has 19 heavy (non-hydrogen) atoms. The molecule has 0 amide bonds. The van der Waals surface area contributed by atoms with Crippen LogP contribution >= 0.6 is 0 Å². The summed E-state index contributed by atoms with van der Waals surface area (Å²) in [6.07, 6.45) is 1.20. The van der Waals surface area contributed by atoms with Gasteiger partial charge in [-0.2, -0.15) is 0 Å². The SMILES string of the molecule is COc1ccc(C2CCN(CCOCCO)C2)cc1. The van der Waals surface area contributed by atoms with Crippen LogP contribution in [0.4, 0.5) is 0 Å². The number of aliphatic hydroxyl groups is 1. The van der Waals surface area contributed by atoms with Crippen molar-refractivity contribution in [2.75, 3.05) is 46.6 Å². The van der Waals surface area contributed by atoms with E-state index in [2.05, 4.69) is 17.0 Å². The maximum Gasteiger partial charge on any atom is 0.118 e. The molecule has 2 rings (SSSR count). The summed E-state index contributed by atoms with van der Waals surface area (Å²) in [5.41, 5.74) is 1.39. The Hall–Kier alpha value is -1.10. The molecule has 4 nitrogen and oxygen atoms in total. The maximum absolute atomic E-state index is 8.64. The van der Waals surface area contributed by atoms with Gasteiger partial charge in [0, 0.05) is 13.1 Å². The van der Waals surface area contributed by atoms with Crippen LogP contribution in [0.25, 0.3) is 0 Å². The number of likely N-dealkylation sites (tertiary alicyclic amines) is 1. The zero-order chi connectivity index (χ0) is 13.5. The molecule has 1 fully saturated rings. The molecule has 1 saturated heterocycles. The van der Waals surface area contributed by atoms with Gasteiger partial charge >= 0.3 is 0 Å². The highest BCUT2D eigenvalue weighted by molar-refractivity contribution is 5.30. The summed E-state index contributed by atoms with van der Waals surface area (Å²) in [6, 6.07) is 8.38. The average molecular weight is 265 g/mol. The van der Waals surface area contributed by atoms with E-state index in [1.807, 2.05) is 12.1 Å². The molecule has 1 aliphatic heterocycles. The molecule has 1 heterocycles. The van der Waals surface area contributed by atoms with Gasteiger partial charge in [0.25, 0.3) is 0 Å². The fourth-order valence-corrected chi connectivity index (χ4v) is 2.54. The van der Waals surface area contributed by atoms with Crippen molar-refractivity contribution >= 4 is 0 Å². The van der Waals surface area contributed by atoms with Gasteiger partial charge < -0.3 is 19.5 Å². The van der Waals surface area contributed by atoms with Gasteiger partial charge in [-0.05, 0) is 36.6 Å². The van der Waals surface area contributed by atoms with Crippen LogP contribution < -0.4 is 4.74 Å². The molecule has 0 radical (unpaired) electrons. The predicted molar refractivity (Wildman–Crippen MR) is 74.7 cm³/mol. The number of methoxy groups -OCH3 is 1. The van der Waals surface area contributed by atoms with Crippen molar-refractivity contribution in [2.24, 2.45) is 0 Å². The van der Waals surface area contributed by atoms with E-state index in [9.17, 15) is 0 Å². The molecule has 0 aliphatic carbocycles. The van der Waals surface area contributed by atoms with Gasteiger partial charge in [0.2, 0.25) is 0 Å².